The highest BCUT2D eigenvalue weighted by Crippen LogP contribution is 2.29. The van der Waals surface area contributed by atoms with Crippen LogP contribution in [0, 0.1) is 0 Å². The molecule has 2 aromatic heterocycles. The Kier molecular flexibility index (Phi) is 8.70. The third-order valence-corrected chi connectivity index (χ3v) is 4.78. The number of alkyl halides is 3. The number of hydrogen-bond acceptors (Lipinski definition) is 5. The number of amides is 3. The van der Waals surface area contributed by atoms with Crippen LogP contribution in [0.2, 0.25) is 0 Å². The molecule has 0 spiro atoms. The van der Waals surface area contributed by atoms with E-state index in [-0.39, 0.29) is 17.5 Å². The number of unbranched alkanes of at least 4 members (excludes halogenated alkanes) is 1. The molecule has 3 amide bonds. The zero-order valence-corrected chi connectivity index (χ0v) is 19.0. The van der Waals surface area contributed by atoms with Crippen molar-refractivity contribution in [3.63, 3.8) is 0 Å². The summed E-state index contributed by atoms with van der Waals surface area (Å²) in [5.74, 6) is 0.118. The van der Waals surface area contributed by atoms with Crippen LogP contribution in [0.25, 0.3) is 0 Å². The number of aryl methyl sites for hydroxylation is 2. The predicted octanol–water partition coefficient (Wildman–Crippen LogP) is 4.72. The molecular weight excluding hydrogens is 467 g/mol. The van der Waals surface area contributed by atoms with Crippen molar-refractivity contribution in [3.8, 4) is 6.01 Å². The van der Waals surface area contributed by atoms with E-state index in [1.54, 1.807) is 15.4 Å². The lowest BCUT2D eigenvalue weighted by molar-refractivity contribution is -0.137. The lowest BCUT2D eigenvalue weighted by Gasteiger charge is -2.08. The molecule has 0 aliphatic rings. The van der Waals surface area contributed by atoms with E-state index in [9.17, 15) is 22.8 Å². The molecule has 10 nitrogen and oxygen atoms in total. The molecule has 2 heterocycles. The van der Waals surface area contributed by atoms with Gasteiger partial charge in [-0.05, 0) is 43.2 Å². The first-order valence-electron chi connectivity index (χ1n) is 11.0. The normalized spacial score (nSPS) is 11.2. The fourth-order valence-corrected chi connectivity index (χ4v) is 3.03. The number of rotatable bonds is 10. The third kappa shape index (κ3) is 8.05. The van der Waals surface area contributed by atoms with E-state index in [1.807, 2.05) is 19.2 Å². The molecule has 0 bridgehead atoms. The molecule has 0 radical (unpaired) electrons. The molecule has 0 aliphatic carbocycles. The van der Waals surface area contributed by atoms with Crippen LogP contribution in [0.5, 0.6) is 6.01 Å². The Bertz CT molecular complexity index is 1100. The van der Waals surface area contributed by atoms with Gasteiger partial charge < -0.3 is 15.4 Å². The van der Waals surface area contributed by atoms with Gasteiger partial charge in [0.2, 0.25) is 0 Å². The third-order valence-electron chi connectivity index (χ3n) is 4.78. The van der Waals surface area contributed by atoms with E-state index in [0.29, 0.717) is 26.1 Å². The Morgan fingerprint density at radius 3 is 2.51 bits per heavy atom. The van der Waals surface area contributed by atoms with Crippen molar-refractivity contribution in [1.29, 1.82) is 0 Å². The van der Waals surface area contributed by atoms with Gasteiger partial charge in [0.1, 0.15) is 0 Å². The van der Waals surface area contributed by atoms with E-state index in [1.165, 1.54) is 6.20 Å². The summed E-state index contributed by atoms with van der Waals surface area (Å²) in [6, 6.07) is 5.14. The van der Waals surface area contributed by atoms with Crippen LogP contribution in [0.15, 0.2) is 48.9 Å². The number of anilines is 2. The monoisotopic (exact) mass is 493 g/mol. The Morgan fingerprint density at radius 1 is 1.09 bits per heavy atom. The molecule has 3 rings (SSSR count). The van der Waals surface area contributed by atoms with E-state index >= 15 is 0 Å². The molecule has 0 saturated carbocycles. The Labute approximate surface area is 199 Å². The van der Waals surface area contributed by atoms with Gasteiger partial charge in [0.15, 0.2) is 5.82 Å². The summed E-state index contributed by atoms with van der Waals surface area (Å²) in [6.45, 7) is 3.52. The summed E-state index contributed by atoms with van der Waals surface area (Å²) in [4.78, 5) is 28.6. The van der Waals surface area contributed by atoms with Crippen LogP contribution in [0.1, 0.15) is 31.7 Å². The van der Waals surface area contributed by atoms with Crippen LogP contribution in [-0.2, 0) is 19.3 Å². The number of aromatic nitrogens is 4. The number of imidazole rings is 1. The summed E-state index contributed by atoms with van der Waals surface area (Å²) in [5, 5.41) is 11.6. The Hall–Kier alpha value is -4.03. The quantitative estimate of drug-likeness (QED) is 0.354. The average Bonchev–Trinajstić information content (AvgIpc) is 3.45. The maximum Gasteiger partial charge on any atom is 0.416 e. The van der Waals surface area contributed by atoms with Gasteiger partial charge in [0.05, 0.1) is 11.8 Å². The maximum absolute atomic E-state index is 12.7. The minimum absolute atomic E-state index is 0.00727. The number of urea groups is 1. The lowest BCUT2D eigenvalue weighted by atomic mass is 10.2. The zero-order valence-electron chi connectivity index (χ0n) is 19.0. The Morgan fingerprint density at radius 2 is 1.86 bits per heavy atom. The first kappa shape index (κ1) is 25.6. The maximum atomic E-state index is 12.7. The Balaban J connectivity index is 1.54. The van der Waals surface area contributed by atoms with Crippen LogP contribution in [0.4, 0.5) is 34.3 Å². The lowest BCUT2D eigenvalue weighted by Crippen LogP contribution is -2.29. The average molecular weight is 493 g/mol. The molecular formula is C22H26F3N7O3. The number of halogens is 3. The number of benzene rings is 1. The van der Waals surface area contributed by atoms with Crippen LogP contribution >= 0.6 is 0 Å². The second-order valence-corrected chi connectivity index (χ2v) is 7.55. The molecule has 1 aromatic carbocycles. The van der Waals surface area contributed by atoms with Crippen molar-refractivity contribution in [3.05, 3.63) is 54.5 Å². The van der Waals surface area contributed by atoms with Gasteiger partial charge in [0.25, 0.3) is 0 Å². The van der Waals surface area contributed by atoms with Gasteiger partial charge >= 0.3 is 24.3 Å². The van der Waals surface area contributed by atoms with E-state index in [0.717, 1.165) is 37.1 Å². The molecule has 0 unspecified atom stereocenters. The molecule has 0 saturated heterocycles. The number of nitrogens with one attached hydrogen (secondary N) is 3. The van der Waals surface area contributed by atoms with Gasteiger partial charge in [-0.25, -0.2) is 9.59 Å². The second-order valence-electron chi connectivity index (χ2n) is 7.55. The number of carbonyl (C=O) groups is 2. The SMILES string of the molecule is CCCCn1cc(NC(=O)Nc2ccc(C(F)(F)F)cc2)nc1OC(=O)NCCCn1cccn1. The van der Waals surface area contributed by atoms with Crippen LogP contribution < -0.4 is 20.7 Å². The summed E-state index contributed by atoms with van der Waals surface area (Å²) >= 11 is 0. The minimum Gasteiger partial charge on any atom is -0.375 e. The minimum atomic E-state index is -4.46. The van der Waals surface area contributed by atoms with Crippen molar-refractivity contribution < 1.29 is 27.5 Å². The highest BCUT2D eigenvalue weighted by atomic mass is 19.4. The molecule has 13 heteroatoms. The number of ether oxygens (including phenoxy) is 1. The molecule has 3 N–H and O–H groups in total. The first-order valence-corrected chi connectivity index (χ1v) is 11.0. The van der Waals surface area contributed by atoms with Crippen LogP contribution in [0.3, 0.4) is 0 Å². The van der Waals surface area contributed by atoms with Crippen molar-refractivity contribution in [1.82, 2.24) is 24.6 Å². The molecule has 3 aromatic rings. The van der Waals surface area contributed by atoms with Crippen LogP contribution in [-0.4, -0.2) is 38.0 Å². The molecule has 35 heavy (non-hydrogen) atoms. The number of nitrogens with zero attached hydrogens (tertiary/aromatic N) is 4. The summed E-state index contributed by atoms with van der Waals surface area (Å²) in [7, 11) is 0. The summed E-state index contributed by atoms with van der Waals surface area (Å²) in [5.41, 5.74) is -0.647. The standard InChI is InChI=1S/C22H26F3N7O3/c1-2-3-12-31-15-18(29-19(33)28-17-8-6-16(7-9-17)22(23,24)25)30-20(31)35-21(34)26-10-4-13-32-14-5-11-27-32/h5-9,11,14-15H,2-4,10,12-13H2,1H3,(H,26,34)(H2,28,29,33). The van der Waals surface area contributed by atoms with E-state index < -0.39 is 23.9 Å². The van der Waals surface area contributed by atoms with Crippen molar-refractivity contribution in [2.24, 2.45) is 0 Å². The largest absolute Gasteiger partial charge is 0.416 e. The number of carbonyl (C=O) groups excluding carboxylic acids is 2. The van der Waals surface area contributed by atoms with Gasteiger partial charge in [-0.2, -0.15) is 23.3 Å². The summed E-state index contributed by atoms with van der Waals surface area (Å²) in [6.07, 6.45) is 2.19. The fourth-order valence-electron chi connectivity index (χ4n) is 3.03. The smallest absolute Gasteiger partial charge is 0.375 e. The van der Waals surface area contributed by atoms with Gasteiger partial charge in [-0.15, -0.1) is 0 Å². The molecule has 0 fully saturated rings. The van der Waals surface area contributed by atoms with Gasteiger partial charge in [-0.3, -0.25) is 14.6 Å². The highest BCUT2D eigenvalue weighted by Gasteiger charge is 2.30. The molecule has 188 valence electrons. The molecule has 0 aliphatic heterocycles. The van der Waals surface area contributed by atoms with Gasteiger partial charge in [0, 0.05) is 37.7 Å². The molecule has 0 atom stereocenters. The fraction of sp³-hybridized carbons (Fsp3) is 0.364. The van der Waals surface area contributed by atoms with E-state index in [2.05, 4.69) is 26.0 Å². The van der Waals surface area contributed by atoms with E-state index in [4.69, 9.17) is 4.74 Å². The second kappa shape index (κ2) is 11.9. The summed E-state index contributed by atoms with van der Waals surface area (Å²) < 4.78 is 46.7. The number of hydrogen-bond donors (Lipinski definition) is 3. The van der Waals surface area contributed by atoms with Crippen molar-refractivity contribution in [2.45, 2.75) is 45.5 Å². The van der Waals surface area contributed by atoms with Gasteiger partial charge in [-0.1, -0.05) is 13.3 Å². The predicted molar refractivity (Wildman–Crippen MR) is 122 cm³/mol. The van der Waals surface area contributed by atoms with Crippen molar-refractivity contribution >= 4 is 23.6 Å². The van der Waals surface area contributed by atoms with Crippen molar-refractivity contribution in [2.75, 3.05) is 17.2 Å². The highest BCUT2D eigenvalue weighted by molar-refractivity contribution is 5.99. The first-order chi connectivity index (χ1) is 16.7. The zero-order chi connectivity index (χ0) is 25.3. The topological polar surface area (TPSA) is 115 Å².